The largest absolute Gasteiger partial charge is 0.347 e. The Morgan fingerprint density at radius 2 is 1.88 bits per heavy atom. The molecule has 0 radical (unpaired) electrons. The normalized spacial score (nSPS) is 15.1. The van der Waals surface area contributed by atoms with Gasteiger partial charge >= 0.3 is 0 Å². The highest BCUT2D eigenvalue weighted by Gasteiger charge is 2.22. The topological polar surface area (TPSA) is 46.3 Å². The van der Waals surface area contributed by atoms with Gasteiger partial charge in [0.25, 0.3) is 0 Å². The van der Waals surface area contributed by atoms with E-state index in [0.717, 1.165) is 38.7 Å². The molecule has 1 aromatic carbocycles. The summed E-state index contributed by atoms with van der Waals surface area (Å²) < 4.78 is 4.19. The number of aryl methyl sites for hydroxylation is 2. The molecular weight excluding hydrogens is 314 g/mol. The lowest BCUT2D eigenvalue weighted by molar-refractivity contribution is -0.131. The first kappa shape index (κ1) is 15.7. The third-order valence-electron chi connectivity index (χ3n) is 4.96. The molecule has 25 heavy (non-hydrogen) atoms. The molecule has 1 saturated heterocycles. The van der Waals surface area contributed by atoms with Crippen LogP contribution >= 0.6 is 0 Å². The van der Waals surface area contributed by atoms with Gasteiger partial charge in [0.2, 0.25) is 11.9 Å². The van der Waals surface area contributed by atoms with Crippen LogP contribution in [0.15, 0.2) is 48.9 Å². The second-order valence-electron chi connectivity index (χ2n) is 6.52. The Hall–Kier alpha value is -2.76. The number of amides is 1. The molecule has 0 atom stereocenters. The van der Waals surface area contributed by atoms with Crippen LogP contribution in [0.25, 0.3) is 10.9 Å². The lowest BCUT2D eigenvalue weighted by Crippen LogP contribution is -2.49. The summed E-state index contributed by atoms with van der Waals surface area (Å²) >= 11 is 0. The summed E-state index contributed by atoms with van der Waals surface area (Å²) in [4.78, 5) is 21.2. The summed E-state index contributed by atoms with van der Waals surface area (Å²) in [6.07, 6.45) is 6.38. The van der Waals surface area contributed by atoms with E-state index in [1.54, 1.807) is 0 Å². The smallest absolute Gasteiger partial charge is 0.224 e. The van der Waals surface area contributed by atoms with E-state index in [1.165, 1.54) is 10.9 Å². The van der Waals surface area contributed by atoms with Crippen molar-refractivity contribution in [3.63, 3.8) is 0 Å². The highest BCUT2D eigenvalue weighted by molar-refractivity contribution is 5.80. The highest BCUT2D eigenvalue weighted by Crippen LogP contribution is 2.17. The van der Waals surface area contributed by atoms with E-state index < -0.39 is 0 Å². The van der Waals surface area contributed by atoms with Gasteiger partial charge in [-0.3, -0.25) is 4.79 Å². The summed E-state index contributed by atoms with van der Waals surface area (Å²) in [5, 5.41) is 1.22. The van der Waals surface area contributed by atoms with Crippen LogP contribution < -0.4 is 4.90 Å². The molecule has 6 nitrogen and oxygen atoms in total. The van der Waals surface area contributed by atoms with Crippen molar-refractivity contribution >= 4 is 22.8 Å². The van der Waals surface area contributed by atoms with Crippen LogP contribution in [0.1, 0.15) is 6.42 Å². The van der Waals surface area contributed by atoms with Gasteiger partial charge in [-0.25, -0.2) is 4.98 Å². The third kappa shape index (κ3) is 3.12. The number of fused-ring (bicyclic) bond motifs is 1. The molecule has 3 aromatic rings. The van der Waals surface area contributed by atoms with Gasteiger partial charge in [-0.1, -0.05) is 18.2 Å². The van der Waals surface area contributed by atoms with Gasteiger partial charge in [-0.15, -0.1) is 0 Å². The molecular formula is C19H23N5O. The first-order valence-corrected chi connectivity index (χ1v) is 8.76. The van der Waals surface area contributed by atoms with Gasteiger partial charge in [-0.05, 0) is 17.5 Å². The number of imidazole rings is 1. The molecule has 0 unspecified atom stereocenters. The maximum absolute atomic E-state index is 12.6. The molecule has 2 aromatic heterocycles. The highest BCUT2D eigenvalue weighted by atomic mass is 16.2. The first-order valence-electron chi connectivity index (χ1n) is 8.76. The van der Waals surface area contributed by atoms with Crippen molar-refractivity contribution in [1.82, 2.24) is 19.0 Å². The zero-order valence-corrected chi connectivity index (χ0v) is 14.5. The average Bonchev–Trinajstić information content (AvgIpc) is 3.26. The number of aromatic nitrogens is 3. The van der Waals surface area contributed by atoms with Crippen LogP contribution in [-0.4, -0.2) is 51.1 Å². The minimum Gasteiger partial charge on any atom is -0.347 e. The van der Waals surface area contributed by atoms with E-state index in [-0.39, 0.29) is 5.91 Å². The molecule has 6 heteroatoms. The maximum Gasteiger partial charge on any atom is 0.224 e. The zero-order valence-electron chi connectivity index (χ0n) is 14.5. The number of hydrogen-bond acceptors (Lipinski definition) is 3. The number of benzene rings is 1. The molecule has 1 fully saturated rings. The number of carbonyl (C=O) groups excluding carboxylic acids is 1. The van der Waals surface area contributed by atoms with Crippen molar-refractivity contribution in [2.24, 2.45) is 7.05 Å². The van der Waals surface area contributed by atoms with Gasteiger partial charge < -0.3 is 18.9 Å². The van der Waals surface area contributed by atoms with Crippen LogP contribution in [0.3, 0.4) is 0 Å². The average molecular weight is 337 g/mol. The monoisotopic (exact) mass is 337 g/mol. The van der Waals surface area contributed by atoms with Crippen molar-refractivity contribution in [3.05, 3.63) is 48.9 Å². The van der Waals surface area contributed by atoms with Crippen LogP contribution in [-0.2, 0) is 18.4 Å². The lowest BCUT2D eigenvalue weighted by Gasteiger charge is -2.35. The Kier molecular flexibility index (Phi) is 4.17. The zero-order chi connectivity index (χ0) is 17.2. The summed E-state index contributed by atoms with van der Waals surface area (Å²) in [5.74, 6) is 1.21. The van der Waals surface area contributed by atoms with Gasteiger partial charge in [0, 0.05) is 70.3 Å². The van der Waals surface area contributed by atoms with Gasteiger partial charge in [0.15, 0.2) is 0 Å². The lowest BCUT2D eigenvalue weighted by atomic mass is 10.2. The number of para-hydroxylation sites is 1. The van der Waals surface area contributed by atoms with Gasteiger partial charge in [0.1, 0.15) is 0 Å². The van der Waals surface area contributed by atoms with E-state index in [4.69, 9.17) is 0 Å². The summed E-state index contributed by atoms with van der Waals surface area (Å²) in [7, 11) is 2.00. The molecule has 0 aliphatic carbocycles. The Balaban J connectivity index is 1.33. The fourth-order valence-corrected chi connectivity index (χ4v) is 3.53. The van der Waals surface area contributed by atoms with Crippen molar-refractivity contribution < 1.29 is 4.79 Å². The second-order valence-corrected chi connectivity index (χ2v) is 6.52. The molecule has 1 amide bonds. The quantitative estimate of drug-likeness (QED) is 0.733. The minimum absolute atomic E-state index is 0.234. The number of rotatable bonds is 4. The standard InChI is InChI=1S/C19H23N5O/c1-21-11-8-20-19(21)24-14-12-23(13-15-24)18(25)7-10-22-9-6-16-4-2-3-5-17(16)22/h2-6,8-9,11H,7,10,12-15H2,1H3. The number of nitrogens with zero attached hydrogens (tertiary/aromatic N) is 5. The fourth-order valence-electron chi connectivity index (χ4n) is 3.53. The van der Waals surface area contributed by atoms with Crippen LogP contribution in [0.4, 0.5) is 5.95 Å². The molecule has 4 rings (SSSR count). The number of hydrogen-bond donors (Lipinski definition) is 0. The van der Waals surface area contributed by atoms with Crippen LogP contribution in [0.2, 0.25) is 0 Å². The Bertz CT molecular complexity index is 873. The number of anilines is 1. The molecule has 130 valence electrons. The van der Waals surface area contributed by atoms with Crippen molar-refractivity contribution in [2.45, 2.75) is 13.0 Å². The van der Waals surface area contributed by atoms with Crippen molar-refractivity contribution in [3.8, 4) is 0 Å². The van der Waals surface area contributed by atoms with Crippen LogP contribution in [0, 0.1) is 0 Å². The fraction of sp³-hybridized carbons (Fsp3) is 0.368. The van der Waals surface area contributed by atoms with E-state index in [2.05, 4.69) is 38.8 Å². The first-order chi connectivity index (χ1) is 12.2. The minimum atomic E-state index is 0.234. The van der Waals surface area contributed by atoms with Gasteiger partial charge in [-0.2, -0.15) is 0 Å². The summed E-state index contributed by atoms with van der Waals surface area (Å²) in [5.41, 5.74) is 1.19. The molecule has 0 bridgehead atoms. The van der Waals surface area contributed by atoms with Crippen LogP contribution in [0.5, 0.6) is 0 Å². The molecule has 0 saturated carbocycles. The molecule has 0 N–H and O–H groups in total. The van der Waals surface area contributed by atoms with Crippen molar-refractivity contribution in [2.75, 3.05) is 31.1 Å². The predicted octanol–water partition coefficient (Wildman–Crippen LogP) is 2.11. The molecule has 1 aliphatic rings. The van der Waals surface area contributed by atoms with E-state index >= 15 is 0 Å². The summed E-state index contributed by atoms with van der Waals surface area (Å²) in [6.45, 7) is 3.92. The number of carbonyl (C=O) groups is 1. The Labute approximate surface area is 147 Å². The van der Waals surface area contributed by atoms with Gasteiger partial charge in [0.05, 0.1) is 0 Å². The van der Waals surface area contributed by atoms with E-state index in [9.17, 15) is 4.79 Å². The SMILES string of the molecule is Cn1ccnc1N1CCN(C(=O)CCn2ccc3ccccc32)CC1. The third-order valence-corrected chi connectivity index (χ3v) is 4.96. The van der Waals surface area contributed by atoms with E-state index in [0.29, 0.717) is 6.42 Å². The molecule has 3 heterocycles. The predicted molar refractivity (Wildman–Crippen MR) is 98.6 cm³/mol. The number of piperazine rings is 1. The Morgan fingerprint density at radius 1 is 1.08 bits per heavy atom. The van der Waals surface area contributed by atoms with E-state index in [1.807, 2.05) is 41.0 Å². The second kappa shape index (κ2) is 6.63. The summed E-state index contributed by atoms with van der Waals surface area (Å²) in [6, 6.07) is 10.4. The molecule has 1 aliphatic heterocycles. The molecule has 0 spiro atoms. The Morgan fingerprint density at radius 3 is 2.64 bits per heavy atom. The maximum atomic E-state index is 12.6. The van der Waals surface area contributed by atoms with Crippen molar-refractivity contribution in [1.29, 1.82) is 0 Å².